The molecular weight excluding hydrogens is 334 g/mol. The summed E-state index contributed by atoms with van der Waals surface area (Å²) in [6.07, 6.45) is -0.723. The largest absolute Gasteiger partial charge is 0.507 e. The molecule has 0 atom stereocenters. The van der Waals surface area contributed by atoms with Gasteiger partial charge in [0.2, 0.25) is 0 Å². The third-order valence-electron chi connectivity index (χ3n) is 2.83. The average molecular weight is 346 g/mol. The quantitative estimate of drug-likeness (QED) is 0.737. The monoisotopic (exact) mass is 345 g/mol. The maximum absolute atomic E-state index is 11.4. The third-order valence-corrected chi connectivity index (χ3v) is 4.07. The number of hydrogen-bond acceptors (Lipinski definition) is 5. The molecule has 9 heteroatoms. The van der Waals surface area contributed by atoms with Crippen LogP contribution in [-0.2, 0) is 14.9 Å². The zero-order valence-corrected chi connectivity index (χ0v) is 12.9. The lowest BCUT2D eigenvalue weighted by molar-refractivity contribution is 0.168. The van der Waals surface area contributed by atoms with Gasteiger partial charge in [0.25, 0.3) is 10.1 Å². The standard InChI is InChI=1S/C13H12ClNO6S/c1-2-21-13(17)15-10-4-3-8-9(12(10)14)5-7(6-11(8)16)22(18,19)20/h3-6,16H,2H2,1H3,(H,15,17)(H,18,19,20). The molecule has 3 N–H and O–H groups in total. The second-order valence-corrected chi connectivity index (χ2v) is 6.08. The minimum Gasteiger partial charge on any atom is -0.507 e. The first-order chi connectivity index (χ1) is 10.2. The number of phenolic OH excluding ortho intramolecular Hbond substituents is 1. The lowest BCUT2D eigenvalue weighted by Crippen LogP contribution is -2.13. The van der Waals surface area contributed by atoms with Crippen LogP contribution in [0.3, 0.4) is 0 Å². The molecule has 0 spiro atoms. The number of benzene rings is 2. The molecule has 7 nitrogen and oxygen atoms in total. The summed E-state index contributed by atoms with van der Waals surface area (Å²) in [5.41, 5.74) is 0.180. The highest BCUT2D eigenvalue weighted by Gasteiger charge is 2.17. The Morgan fingerprint density at radius 3 is 2.59 bits per heavy atom. The van der Waals surface area contributed by atoms with Gasteiger partial charge in [0.15, 0.2) is 0 Å². The predicted molar refractivity (Wildman–Crippen MR) is 81.1 cm³/mol. The van der Waals surface area contributed by atoms with Gasteiger partial charge in [0.05, 0.1) is 22.2 Å². The van der Waals surface area contributed by atoms with Gasteiger partial charge in [-0.1, -0.05) is 11.6 Å². The summed E-state index contributed by atoms with van der Waals surface area (Å²) >= 11 is 6.12. The zero-order chi connectivity index (χ0) is 16.5. The number of carbonyl (C=O) groups is 1. The average Bonchev–Trinajstić information content (AvgIpc) is 2.41. The Hall–Kier alpha value is -2.03. The molecule has 118 valence electrons. The van der Waals surface area contributed by atoms with Crippen LogP contribution < -0.4 is 5.32 Å². The molecule has 0 fully saturated rings. The second kappa shape index (κ2) is 5.99. The Balaban J connectivity index is 2.61. The Morgan fingerprint density at radius 2 is 2.00 bits per heavy atom. The van der Waals surface area contributed by atoms with E-state index in [-0.39, 0.29) is 33.8 Å². The van der Waals surface area contributed by atoms with E-state index in [1.165, 1.54) is 12.1 Å². The molecule has 0 unspecified atom stereocenters. The Morgan fingerprint density at radius 1 is 1.32 bits per heavy atom. The molecule has 1 amide bonds. The van der Waals surface area contributed by atoms with Crippen molar-refractivity contribution >= 4 is 44.3 Å². The number of amides is 1. The van der Waals surface area contributed by atoms with E-state index in [0.717, 1.165) is 12.1 Å². The predicted octanol–water partition coefficient (Wildman–Crippen LogP) is 3.01. The van der Waals surface area contributed by atoms with Crippen LogP contribution in [0, 0.1) is 0 Å². The van der Waals surface area contributed by atoms with Gasteiger partial charge in [0, 0.05) is 16.8 Å². The van der Waals surface area contributed by atoms with Crippen LogP contribution in [-0.4, -0.2) is 30.8 Å². The second-order valence-electron chi connectivity index (χ2n) is 4.29. The van der Waals surface area contributed by atoms with E-state index >= 15 is 0 Å². The van der Waals surface area contributed by atoms with Crippen molar-refractivity contribution in [2.24, 2.45) is 0 Å². The van der Waals surface area contributed by atoms with E-state index < -0.39 is 21.1 Å². The summed E-state index contributed by atoms with van der Waals surface area (Å²) in [7, 11) is -4.51. The molecule has 0 aliphatic rings. The molecule has 0 heterocycles. The lowest BCUT2D eigenvalue weighted by atomic mass is 10.1. The molecule has 22 heavy (non-hydrogen) atoms. The molecule has 2 aromatic rings. The molecular formula is C13H12ClNO6S. The normalized spacial score (nSPS) is 11.4. The van der Waals surface area contributed by atoms with Gasteiger partial charge in [-0.05, 0) is 25.1 Å². The van der Waals surface area contributed by atoms with Crippen molar-refractivity contribution in [3.8, 4) is 5.75 Å². The van der Waals surface area contributed by atoms with Gasteiger partial charge in [-0.15, -0.1) is 0 Å². The van der Waals surface area contributed by atoms with Crippen LogP contribution >= 0.6 is 11.6 Å². The van der Waals surface area contributed by atoms with Crippen LogP contribution in [0.2, 0.25) is 5.02 Å². The van der Waals surface area contributed by atoms with Crippen LogP contribution in [0.15, 0.2) is 29.2 Å². The maximum Gasteiger partial charge on any atom is 0.411 e. The topological polar surface area (TPSA) is 113 Å². The maximum atomic E-state index is 11.4. The number of halogens is 1. The number of hydrogen-bond donors (Lipinski definition) is 3. The number of aromatic hydroxyl groups is 1. The number of carbonyl (C=O) groups excluding carboxylic acids is 1. The number of phenols is 1. The van der Waals surface area contributed by atoms with E-state index in [1.807, 2.05) is 0 Å². The SMILES string of the molecule is CCOC(=O)Nc1ccc2c(O)cc(S(=O)(=O)O)cc2c1Cl. The summed E-state index contributed by atoms with van der Waals surface area (Å²) in [5, 5.41) is 12.7. The van der Waals surface area contributed by atoms with Crippen LogP contribution in [0.5, 0.6) is 5.75 Å². The smallest absolute Gasteiger partial charge is 0.411 e. The minimum absolute atomic E-state index is 0.00588. The van der Waals surface area contributed by atoms with E-state index in [1.54, 1.807) is 6.92 Å². The summed E-state index contributed by atoms with van der Waals surface area (Å²) in [4.78, 5) is 10.9. The molecule has 2 rings (SSSR count). The number of ether oxygens (including phenoxy) is 1. The third kappa shape index (κ3) is 3.24. The number of anilines is 1. The van der Waals surface area contributed by atoms with Crippen molar-refractivity contribution < 1.29 is 27.6 Å². The van der Waals surface area contributed by atoms with Crippen LogP contribution in [0.4, 0.5) is 10.5 Å². The van der Waals surface area contributed by atoms with E-state index in [4.69, 9.17) is 20.9 Å². The van der Waals surface area contributed by atoms with Crippen molar-refractivity contribution in [3.63, 3.8) is 0 Å². The highest BCUT2D eigenvalue weighted by atomic mass is 35.5. The van der Waals surface area contributed by atoms with Gasteiger partial charge < -0.3 is 9.84 Å². The van der Waals surface area contributed by atoms with E-state index in [2.05, 4.69) is 5.32 Å². The van der Waals surface area contributed by atoms with Crippen molar-refractivity contribution in [1.29, 1.82) is 0 Å². The first kappa shape index (κ1) is 16.3. The number of nitrogens with one attached hydrogen (secondary N) is 1. The van der Waals surface area contributed by atoms with Gasteiger partial charge in [-0.25, -0.2) is 4.79 Å². The lowest BCUT2D eigenvalue weighted by Gasteiger charge is -2.11. The Bertz CT molecular complexity index is 849. The molecule has 2 aromatic carbocycles. The highest BCUT2D eigenvalue weighted by molar-refractivity contribution is 7.85. The Kier molecular flexibility index (Phi) is 4.45. The summed E-state index contributed by atoms with van der Waals surface area (Å²) in [5.74, 6) is -0.366. The highest BCUT2D eigenvalue weighted by Crippen LogP contribution is 2.37. The molecule has 0 radical (unpaired) electrons. The minimum atomic E-state index is -4.51. The van der Waals surface area contributed by atoms with Crippen molar-refractivity contribution in [2.45, 2.75) is 11.8 Å². The molecule has 0 saturated heterocycles. The van der Waals surface area contributed by atoms with Gasteiger partial charge in [-0.2, -0.15) is 8.42 Å². The zero-order valence-electron chi connectivity index (χ0n) is 11.3. The summed E-state index contributed by atoms with van der Waals surface area (Å²) in [6, 6.07) is 4.90. The molecule has 0 aliphatic heterocycles. The van der Waals surface area contributed by atoms with Gasteiger partial charge in [0.1, 0.15) is 5.75 Å². The van der Waals surface area contributed by atoms with Crippen molar-refractivity contribution in [1.82, 2.24) is 0 Å². The number of fused-ring (bicyclic) bond motifs is 1. The molecule has 0 bridgehead atoms. The van der Waals surface area contributed by atoms with Gasteiger partial charge >= 0.3 is 6.09 Å². The van der Waals surface area contributed by atoms with E-state index in [0.29, 0.717) is 0 Å². The fraction of sp³-hybridized carbons (Fsp3) is 0.154. The molecule has 0 aromatic heterocycles. The first-order valence-corrected chi connectivity index (χ1v) is 7.92. The number of rotatable bonds is 3. The fourth-order valence-corrected chi connectivity index (χ4v) is 2.67. The fourth-order valence-electron chi connectivity index (χ4n) is 1.88. The first-order valence-electron chi connectivity index (χ1n) is 6.10. The van der Waals surface area contributed by atoms with Crippen LogP contribution in [0.1, 0.15) is 6.92 Å². The van der Waals surface area contributed by atoms with Crippen molar-refractivity contribution in [2.75, 3.05) is 11.9 Å². The summed E-state index contributed by atoms with van der Waals surface area (Å²) < 4.78 is 36.2. The molecule has 0 aliphatic carbocycles. The summed E-state index contributed by atoms with van der Waals surface area (Å²) in [6.45, 7) is 1.81. The Labute approximate surface area is 131 Å². The molecule has 0 saturated carbocycles. The van der Waals surface area contributed by atoms with Gasteiger partial charge in [-0.3, -0.25) is 9.87 Å². The van der Waals surface area contributed by atoms with Crippen LogP contribution in [0.25, 0.3) is 10.8 Å². The van der Waals surface area contributed by atoms with E-state index in [9.17, 15) is 18.3 Å². The van der Waals surface area contributed by atoms with Crippen molar-refractivity contribution in [3.05, 3.63) is 29.3 Å².